The number of nitriles is 1. The van der Waals surface area contributed by atoms with Gasteiger partial charge in [0.2, 0.25) is 0 Å². The van der Waals surface area contributed by atoms with Crippen molar-refractivity contribution in [1.29, 1.82) is 5.26 Å². The number of carbonyl (C=O) groups excluding carboxylic acids is 2. The lowest BCUT2D eigenvalue weighted by molar-refractivity contribution is 0.0555. The summed E-state index contributed by atoms with van der Waals surface area (Å²) in [5.41, 5.74) is 0.969. The van der Waals surface area contributed by atoms with E-state index in [0.29, 0.717) is 23.2 Å². The minimum Gasteiger partial charge on any atom is -0.453 e. The predicted molar refractivity (Wildman–Crippen MR) is 65.4 cm³/mol. The molecule has 19 heavy (non-hydrogen) atoms. The zero-order valence-electron chi connectivity index (χ0n) is 9.83. The van der Waals surface area contributed by atoms with Crippen molar-refractivity contribution in [2.24, 2.45) is 0 Å². The van der Waals surface area contributed by atoms with Crippen LogP contribution in [-0.4, -0.2) is 18.9 Å². The molecule has 0 unspecified atom stereocenters. The molecule has 0 saturated heterocycles. The molecular weight excluding hydrogens is 246 g/mol. The van der Waals surface area contributed by atoms with Crippen LogP contribution in [0.1, 0.15) is 20.9 Å². The number of carbonyl (C=O) groups is 2. The van der Waals surface area contributed by atoms with E-state index in [9.17, 15) is 9.59 Å². The first-order valence-corrected chi connectivity index (χ1v) is 5.44. The van der Waals surface area contributed by atoms with Crippen LogP contribution in [0.2, 0.25) is 0 Å². The Morgan fingerprint density at radius 3 is 2.89 bits per heavy atom. The number of rotatable bonds is 4. The standard InChI is InChI=1S/C14H9NO4/c15-6-7-18-14(17)11-3-1-2-10(8-11)13-5-4-12(9-16)19-13/h1-5,8-9H,7H2. The Morgan fingerprint density at radius 2 is 2.21 bits per heavy atom. The number of furan rings is 1. The summed E-state index contributed by atoms with van der Waals surface area (Å²) in [6.45, 7) is -0.293. The van der Waals surface area contributed by atoms with Crippen molar-refractivity contribution in [2.75, 3.05) is 6.61 Å². The lowest BCUT2D eigenvalue weighted by Gasteiger charge is -2.02. The van der Waals surface area contributed by atoms with Crippen molar-refractivity contribution in [2.45, 2.75) is 0 Å². The highest BCUT2D eigenvalue weighted by molar-refractivity contribution is 5.91. The summed E-state index contributed by atoms with van der Waals surface area (Å²) >= 11 is 0. The van der Waals surface area contributed by atoms with E-state index >= 15 is 0 Å². The van der Waals surface area contributed by atoms with Crippen LogP contribution in [0.3, 0.4) is 0 Å². The Labute approximate surface area is 109 Å². The van der Waals surface area contributed by atoms with Crippen molar-refractivity contribution in [3.8, 4) is 17.4 Å². The first-order chi connectivity index (χ1) is 9.24. The van der Waals surface area contributed by atoms with Crippen LogP contribution in [-0.2, 0) is 4.74 Å². The highest BCUT2D eigenvalue weighted by Crippen LogP contribution is 2.22. The highest BCUT2D eigenvalue weighted by atomic mass is 16.5. The molecule has 0 saturated carbocycles. The molecule has 0 N–H and O–H groups in total. The normalized spacial score (nSPS) is 9.63. The van der Waals surface area contributed by atoms with E-state index in [0.717, 1.165) is 0 Å². The van der Waals surface area contributed by atoms with Gasteiger partial charge in [0.15, 0.2) is 18.7 Å². The quantitative estimate of drug-likeness (QED) is 0.619. The van der Waals surface area contributed by atoms with Crippen molar-refractivity contribution >= 4 is 12.3 Å². The zero-order chi connectivity index (χ0) is 13.7. The van der Waals surface area contributed by atoms with Crippen LogP contribution in [0, 0.1) is 11.3 Å². The molecule has 0 radical (unpaired) electrons. The van der Waals surface area contributed by atoms with E-state index in [-0.39, 0.29) is 12.4 Å². The van der Waals surface area contributed by atoms with Crippen LogP contribution >= 0.6 is 0 Å². The Morgan fingerprint density at radius 1 is 1.37 bits per heavy atom. The summed E-state index contributed by atoms with van der Waals surface area (Å²) in [6.07, 6.45) is 0.606. The summed E-state index contributed by atoms with van der Waals surface area (Å²) in [5.74, 6) is 0.120. The fraction of sp³-hybridized carbons (Fsp3) is 0.0714. The van der Waals surface area contributed by atoms with Gasteiger partial charge in [0, 0.05) is 5.56 Å². The lowest BCUT2D eigenvalue weighted by Crippen LogP contribution is -2.05. The molecule has 0 fully saturated rings. The molecular formula is C14H9NO4. The summed E-state index contributed by atoms with van der Waals surface area (Å²) in [6, 6.07) is 11.5. The summed E-state index contributed by atoms with van der Waals surface area (Å²) in [4.78, 5) is 22.1. The van der Waals surface area contributed by atoms with Crippen LogP contribution in [0.5, 0.6) is 0 Å². The third-order valence-electron chi connectivity index (χ3n) is 2.39. The second-order valence-electron chi connectivity index (χ2n) is 3.63. The zero-order valence-corrected chi connectivity index (χ0v) is 9.83. The first-order valence-electron chi connectivity index (χ1n) is 5.44. The molecule has 0 aliphatic carbocycles. The van der Waals surface area contributed by atoms with Crippen molar-refractivity contribution in [3.05, 3.63) is 47.7 Å². The second kappa shape index (κ2) is 5.65. The molecule has 0 atom stereocenters. The summed E-state index contributed by atoms with van der Waals surface area (Å²) < 4.78 is 9.97. The molecule has 0 spiro atoms. The minimum absolute atomic E-state index is 0.215. The Bertz CT molecular complexity index is 651. The van der Waals surface area contributed by atoms with Gasteiger partial charge < -0.3 is 9.15 Å². The minimum atomic E-state index is -0.578. The molecule has 1 aromatic carbocycles. The number of hydrogen-bond acceptors (Lipinski definition) is 5. The topological polar surface area (TPSA) is 80.3 Å². The van der Waals surface area contributed by atoms with Crippen molar-refractivity contribution < 1.29 is 18.7 Å². The van der Waals surface area contributed by atoms with Gasteiger partial charge in [-0.1, -0.05) is 12.1 Å². The maximum Gasteiger partial charge on any atom is 0.339 e. The van der Waals surface area contributed by atoms with Crippen LogP contribution in [0.25, 0.3) is 11.3 Å². The van der Waals surface area contributed by atoms with E-state index in [2.05, 4.69) is 0 Å². The van der Waals surface area contributed by atoms with E-state index in [4.69, 9.17) is 14.4 Å². The van der Waals surface area contributed by atoms with Crippen molar-refractivity contribution in [3.63, 3.8) is 0 Å². The number of ether oxygens (including phenoxy) is 1. The molecule has 2 aromatic rings. The molecule has 2 rings (SSSR count). The molecule has 5 nitrogen and oxygen atoms in total. The summed E-state index contributed by atoms with van der Waals surface area (Å²) in [5, 5.41) is 8.35. The third kappa shape index (κ3) is 2.87. The average molecular weight is 255 g/mol. The smallest absolute Gasteiger partial charge is 0.339 e. The first kappa shape index (κ1) is 12.6. The fourth-order valence-electron chi connectivity index (χ4n) is 1.55. The van der Waals surface area contributed by atoms with Gasteiger partial charge in [-0.3, -0.25) is 4.79 Å². The Hall–Kier alpha value is -2.87. The molecule has 94 valence electrons. The van der Waals surface area contributed by atoms with E-state index in [1.807, 2.05) is 0 Å². The van der Waals surface area contributed by atoms with Gasteiger partial charge in [-0.2, -0.15) is 5.26 Å². The molecule has 0 aliphatic heterocycles. The molecule has 0 amide bonds. The predicted octanol–water partition coefficient (Wildman–Crippen LogP) is 2.44. The van der Waals surface area contributed by atoms with E-state index in [1.165, 1.54) is 0 Å². The number of aldehydes is 1. The Kier molecular flexibility index (Phi) is 3.74. The van der Waals surface area contributed by atoms with Gasteiger partial charge in [-0.25, -0.2) is 4.79 Å². The Balaban J connectivity index is 2.26. The molecule has 0 aliphatic rings. The van der Waals surface area contributed by atoms with Gasteiger partial charge in [0.05, 0.1) is 5.56 Å². The van der Waals surface area contributed by atoms with Gasteiger partial charge in [-0.05, 0) is 24.3 Å². The largest absolute Gasteiger partial charge is 0.453 e. The maximum atomic E-state index is 11.6. The number of benzene rings is 1. The maximum absolute atomic E-state index is 11.6. The molecule has 1 aromatic heterocycles. The van der Waals surface area contributed by atoms with Crippen LogP contribution in [0.15, 0.2) is 40.8 Å². The number of hydrogen-bond donors (Lipinski definition) is 0. The third-order valence-corrected chi connectivity index (χ3v) is 2.39. The monoisotopic (exact) mass is 255 g/mol. The van der Waals surface area contributed by atoms with E-state index in [1.54, 1.807) is 42.5 Å². The molecule has 1 heterocycles. The van der Waals surface area contributed by atoms with E-state index < -0.39 is 5.97 Å². The van der Waals surface area contributed by atoms with Crippen LogP contribution in [0.4, 0.5) is 0 Å². The average Bonchev–Trinajstić information content (AvgIpc) is 2.94. The van der Waals surface area contributed by atoms with Crippen molar-refractivity contribution in [1.82, 2.24) is 0 Å². The van der Waals surface area contributed by atoms with Gasteiger partial charge in [0.1, 0.15) is 11.8 Å². The second-order valence-corrected chi connectivity index (χ2v) is 3.63. The summed E-state index contributed by atoms with van der Waals surface area (Å²) in [7, 11) is 0. The van der Waals surface area contributed by atoms with Gasteiger partial charge in [0.25, 0.3) is 0 Å². The molecule has 5 heteroatoms. The fourth-order valence-corrected chi connectivity index (χ4v) is 1.55. The van der Waals surface area contributed by atoms with Crippen LogP contribution < -0.4 is 0 Å². The SMILES string of the molecule is N#CCOC(=O)c1cccc(-c2ccc(C=O)o2)c1. The van der Waals surface area contributed by atoms with Gasteiger partial charge in [-0.15, -0.1) is 0 Å². The number of esters is 1. The molecule has 0 bridgehead atoms. The number of nitrogens with zero attached hydrogens (tertiary/aromatic N) is 1. The lowest BCUT2D eigenvalue weighted by atomic mass is 10.1. The highest BCUT2D eigenvalue weighted by Gasteiger charge is 2.10. The van der Waals surface area contributed by atoms with Gasteiger partial charge >= 0.3 is 5.97 Å².